The van der Waals surface area contributed by atoms with Crippen LogP contribution in [0, 0.1) is 27.7 Å². The number of benzene rings is 1. The summed E-state index contributed by atoms with van der Waals surface area (Å²) in [5.74, 6) is 2.21. The minimum absolute atomic E-state index is 0.0297. The maximum Gasteiger partial charge on any atom is 0.218 e. The van der Waals surface area contributed by atoms with E-state index in [1.54, 1.807) is 4.31 Å². The van der Waals surface area contributed by atoms with Gasteiger partial charge in [0.15, 0.2) is 5.82 Å². The van der Waals surface area contributed by atoms with Crippen LogP contribution in [0.15, 0.2) is 36.4 Å². The molecule has 4 rings (SSSR count). The molecule has 3 aromatic rings. The molecule has 0 amide bonds. The second kappa shape index (κ2) is 8.39. The summed E-state index contributed by atoms with van der Waals surface area (Å²) in [6.45, 7) is 9.84. The first-order valence-corrected chi connectivity index (χ1v) is 12.0. The second-order valence-corrected chi connectivity index (χ2v) is 10.1. The van der Waals surface area contributed by atoms with Crippen molar-refractivity contribution in [2.75, 3.05) is 31.1 Å². The van der Waals surface area contributed by atoms with E-state index in [9.17, 15) is 8.42 Å². The van der Waals surface area contributed by atoms with Crippen LogP contribution in [0.25, 0.3) is 5.82 Å². The number of rotatable bonds is 5. The Morgan fingerprint density at radius 3 is 2.13 bits per heavy atom. The molecule has 0 radical (unpaired) electrons. The number of sulfonamides is 1. The van der Waals surface area contributed by atoms with E-state index in [2.05, 4.69) is 20.0 Å². The van der Waals surface area contributed by atoms with Crippen molar-refractivity contribution in [3.8, 4) is 5.82 Å². The van der Waals surface area contributed by atoms with Crippen molar-refractivity contribution in [3.63, 3.8) is 0 Å². The highest BCUT2D eigenvalue weighted by molar-refractivity contribution is 7.88. The number of aryl methyl sites for hydroxylation is 4. The topological polar surface area (TPSA) is 84.2 Å². The minimum atomic E-state index is -3.36. The number of nitrogens with zero attached hydrogens (tertiary/aromatic N) is 6. The van der Waals surface area contributed by atoms with Gasteiger partial charge in [-0.25, -0.2) is 23.1 Å². The Morgan fingerprint density at radius 2 is 1.52 bits per heavy atom. The molecule has 1 fully saturated rings. The molecule has 0 atom stereocenters. The molecule has 9 heteroatoms. The summed E-state index contributed by atoms with van der Waals surface area (Å²) in [6, 6.07) is 11.6. The lowest BCUT2D eigenvalue weighted by atomic mass is 10.2. The van der Waals surface area contributed by atoms with Gasteiger partial charge in [-0.15, -0.1) is 0 Å². The molecule has 0 unspecified atom stereocenters. The van der Waals surface area contributed by atoms with Gasteiger partial charge in [-0.05, 0) is 39.3 Å². The highest BCUT2D eigenvalue weighted by Crippen LogP contribution is 2.21. The fourth-order valence-electron chi connectivity index (χ4n) is 3.85. The van der Waals surface area contributed by atoms with Crippen LogP contribution < -0.4 is 4.90 Å². The molecule has 31 heavy (non-hydrogen) atoms. The molecule has 0 N–H and O–H groups in total. The SMILES string of the molecule is Cc1ccc(CS(=O)(=O)N2CCN(c3cc(-n4nc(C)cc4C)nc(C)n3)CC2)cc1. The maximum absolute atomic E-state index is 12.9. The molecular weight excluding hydrogens is 412 g/mol. The third-order valence-corrected chi connectivity index (χ3v) is 7.31. The molecule has 0 aliphatic carbocycles. The van der Waals surface area contributed by atoms with Crippen molar-refractivity contribution in [2.45, 2.75) is 33.4 Å². The molecule has 2 aromatic heterocycles. The average molecular weight is 441 g/mol. The Morgan fingerprint density at radius 1 is 0.871 bits per heavy atom. The van der Waals surface area contributed by atoms with Gasteiger partial charge in [-0.1, -0.05) is 29.8 Å². The summed E-state index contributed by atoms with van der Waals surface area (Å²) in [6.07, 6.45) is 0. The molecule has 1 aliphatic heterocycles. The van der Waals surface area contributed by atoms with Gasteiger partial charge in [-0.2, -0.15) is 9.40 Å². The largest absolute Gasteiger partial charge is 0.354 e. The standard InChI is InChI=1S/C22H28N6O2S/c1-16-5-7-20(8-6-16)15-31(29,30)27-11-9-26(10-12-27)21-14-22(24-19(4)23-21)28-18(3)13-17(2)25-28/h5-8,13-14H,9-12,15H2,1-4H3. The number of aromatic nitrogens is 4. The molecule has 8 nitrogen and oxygen atoms in total. The van der Waals surface area contributed by atoms with Crippen molar-refractivity contribution in [3.05, 3.63) is 64.7 Å². The number of piperazine rings is 1. The minimum Gasteiger partial charge on any atom is -0.354 e. The number of hydrogen-bond donors (Lipinski definition) is 0. The fraction of sp³-hybridized carbons (Fsp3) is 0.409. The zero-order valence-electron chi connectivity index (χ0n) is 18.4. The smallest absolute Gasteiger partial charge is 0.218 e. The van der Waals surface area contributed by atoms with E-state index in [0.717, 1.165) is 34.2 Å². The molecule has 0 bridgehead atoms. The van der Waals surface area contributed by atoms with Crippen LogP contribution in [-0.2, 0) is 15.8 Å². The summed E-state index contributed by atoms with van der Waals surface area (Å²) in [5, 5.41) is 4.52. The first kappa shape index (κ1) is 21.5. The van der Waals surface area contributed by atoms with Crippen molar-refractivity contribution < 1.29 is 8.42 Å². The number of anilines is 1. The van der Waals surface area contributed by atoms with E-state index in [0.29, 0.717) is 32.0 Å². The monoisotopic (exact) mass is 440 g/mol. The Balaban J connectivity index is 1.47. The van der Waals surface area contributed by atoms with Crippen LogP contribution in [0.5, 0.6) is 0 Å². The molecule has 3 heterocycles. The molecule has 0 saturated carbocycles. The Kier molecular flexibility index (Phi) is 5.81. The molecule has 0 spiro atoms. The first-order valence-electron chi connectivity index (χ1n) is 10.4. The third-order valence-electron chi connectivity index (χ3n) is 5.46. The van der Waals surface area contributed by atoms with Crippen LogP contribution >= 0.6 is 0 Å². The fourth-order valence-corrected chi connectivity index (χ4v) is 5.37. The van der Waals surface area contributed by atoms with E-state index >= 15 is 0 Å². The van der Waals surface area contributed by atoms with Crippen molar-refractivity contribution in [1.82, 2.24) is 24.1 Å². The van der Waals surface area contributed by atoms with Gasteiger partial charge in [0.1, 0.15) is 11.6 Å². The van der Waals surface area contributed by atoms with Gasteiger partial charge in [0.25, 0.3) is 0 Å². The van der Waals surface area contributed by atoms with Gasteiger partial charge in [0, 0.05) is 37.9 Å². The van der Waals surface area contributed by atoms with Gasteiger partial charge < -0.3 is 4.90 Å². The Bertz CT molecular complexity index is 1180. The lowest BCUT2D eigenvalue weighted by molar-refractivity contribution is 0.383. The van der Waals surface area contributed by atoms with Gasteiger partial charge in [0.2, 0.25) is 10.0 Å². The highest BCUT2D eigenvalue weighted by atomic mass is 32.2. The van der Waals surface area contributed by atoms with E-state index in [-0.39, 0.29) is 5.75 Å². The Labute approximate surface area is 183 Å². The summed E-state index contributed by atoms with van der Waals surface area (Å²) >= 11 is 0. The van der Waals surface area contributed by atoms with Crippen LogP contribution in [0.1, 0.15) is 28.3 Å². The normalized spacial score (nSPS) is 15.4. The van der Waals surface area contributed by atoms with Crippen LogP contribution in [0.4, 0.5) is 5.82 Å². The molecule has 164 valence electrons. The average Bonchev–Trinajstić information content (AvgIpc) is 3.07. The summed E-state index contributed by atoms with van der Waals surface area (Å²) < 4.78 is 29.2. The lowest BCUT2D eigenvalue weighted by Crippen LogP contribution is -2.49. The van der Waals surface area contributed by atoms with Gasteiger partial charge in [0.05, 0.1) is 11.4 Å². The van der Waals surface area contributed by atoms with E-state index in [1.807, 2.05) is 68.8 Å². The summed E-state index contributed by atoms with van der Waals surface area (Å²) in [4.78, 5) is 11.2. The zero-order valence-corrected chi connectivity index (χ0v) is 19.2. The lowest BCUT2D eigenvalue weighted by Gasteiger charge is -2.34. The van der Waals surface area contributed by atoms with Crippen LogP contribution in [0.3, 0.4) is 0 Å². The van der Waals surface area contributed by atoms with Gasteiger partial charge in [-0.3, -0.25) is 0 Å². The first-order chi connectivity index (χ1) is 14.7. The molecule has 1 aliphatic rings. The second-order valence-electron chi connectivity index (χ2n) is 8.10. The molecular formula is C22H28N6O2S. The van der Waals surface area contributed by atoms with Crippen LogP contribution in [0.2, 0.25) is 0 Å². The maximum atomic E-state index is 12.9. The third kappa shape index (κ3) is 4.77. The van der Waals surface area contributed by atoms with Crippen molar-refractivity contribution >= 4 is 15.8 Å². The number of hydrogen-bond acceptors (Lipinski definition) is 6. The van der Waals surface area contributed by atoms with Gasteiger partial charge >= 0.3 is 0 Å². The molecule has 1 aromatic carbocycles. The van der Waals surface area contributed by atoms with Crippen molar-refractivity contribution in [1.29, 1.82) is 0 Å². The van der Waals surface area contributed by atoms with E-state index in [4.69, 9.17) is 0 Å². The Hall–Kier alpha value is -2.78. The van der Waals surface area contributed by atoms with Crippen molar-refractivity contribution in [2.24, 2.45) is 0 Å². The van der Waals surface area contributed by atoms with E-state index < -0.39 is 10.0 Å². The van der Waals surface area contributed by atoms with E-state index in [1.165, 1.54) is 0 Å². The predicted octanol–water partition coefficient (Wildman–Crippen LogP) is 2.55. The summed E-state index contributed by atoms with van der Waals surface area (Å²) in [5.41, 5.74) is 3.88. The quantitative estimate of drug-likeness (QED) is 0.606. The predicted molar refractivity (Wildman–Crippen MR) is 121 cm³/mol. The molecule has 1 saturated heterocycles. The summed E-state index contributed by atoms with van der Waals surface area (Å²) in [7, 11) is -3.36. The zero-order chi connectivity index (χ0) is 22.2. The highest BCUT2D eigenvalue weighted by Gasteiger charge is 2.28. The van der Waals surface area contributed by atoms with Crippen LogP contribution in [-0.4, -0.2) is 58.7 Å².